The topological polar surface area (TPSA) is 134 Å². The van der Waals surface area contributed by atoms with Crippen LogP contribution in [0.3, 0.4) is 0 Å². The zero-order chi connectivity index (χ0) is 26.0. The first kappa shape index (κ1) is 27.1. The van der Waals surface area contributed by atoms with E-state index in [9.17, 15) is 18.0 Å². The summed E-state index contributed by atoms with van der Waals surface area (Å²) in [5.41, 5.74) is 0.485. The number of carbonyl (C=O) groups excluding carboxylic acids is 1. The number of amides is 1. The van der Waals surface area contributed by atoms with E-state index in [-0.39, 0.29) is 36.6 Å². The van der Waals surface area contributed by atoms with Crippen LogP contribution in [0.4, 0.5) is 19.1 Å². The van der Waals surface area contributed by atoms with Crippen molar-refractivity contribution in [1.82, 2.24) is 29.8 Å². The maximum Gasteiger partial charge on any atom is 0.419 e. The molecular weight excluding hydrogens is 467 g/mol. The molecule has 0 radical (unpaired) electrons. The molecular formula is C22H24F3N7O3. The van der Waals surface area contributed by atoms with E-state index in [1.807, 2.05) is 6.92 Å². The Bertz CT molecular complexity index is 1110. The molecule has 0 aromatic carbocycles. The SMILES string of the molecule is CC[C@@H](CNc1ncc(C(F)(F)F)cn1)N(C)C(=O)c1nc(C)ccc1-c1ncccn1.O=CO. The molecule has 0 aliphatic rings. The third kappa shape index (κ3) is 7.42. The van der Waals surface area contributed by atoms with Gasteiger partial charge in [-0.05, 0) is 31.5 Å². The predicted octanol–water partition coefficient (Wildman–Crippen LogP) is 3.32. The standard InChI is InChI=1S/C21H22F3N7O.CH2O2/c1-4-15(12-29-20-27-10-14(11-28-20)21(22,23)24)31(3)19(32)17-16(7-6-13(2)30-17)18-25-8-5-9-26-18;2-1-3/h5-11,15H,4,12H2,1-3H3,(H,27,28,29);1H,(H,2,3)/t15-;/m0./s1. The summed E-state index contributed by atoms with van der Waals surface area (Å²) < 4.78 is 38.0. The van der Waals surface area contributed by atoms with E-state index in [2.05, 4.69) is 30.2 Å². The maximum atomic E-state index is 13.3. The zero-order valence-electron chi connectivity index (χ0n) is 19.2. The summed E-state index contributed by atoms with van der Waals surface area (Å²) in [5.74, 6) is 0.114. The Kier molecular flexibility index (Phi) is 9.55. The maximum absolute atomic E-state index is 13.3. The van der Waals surface area contributed by atoms with Crippen LogP contribution in [-0.2, 0) is 11.0 Å². The Labute approximate surface area is 199 Å². The Morgan fingerprint density at radius 3 is 2.31 bits per heavy atom. The molecule has 1 atom stereocenters. The van der Waals surface area contributed by atoms with Crippen LogP contribution in [0.25, 0.3) is 11.4 Å². The third-order valence-corrected chi connectivity index (χ3v) is 4.86. The number of aromatic nitrogens is 5. The van der Waals surface area contributed by atoms with Crippen molar-refractivity contribution < 1.29 is 27.9 Å². The van der Waals surface area contributed by atoms with Crippen LogP contribution in [0.2, 0.25) is 0 Å². The van der Waals surface area contributed by atoms with Gasteiger partial charge in [0.15, 0.2) is 5.82 Å². The molecule has 0 bridgehead atoms. The van der Waals surface area contributed by atoms with E-state index < -0.39 is 11.7 Å². The number of alkyl halides is 3. The number of likely N-dealkylation sites (N-methyl/N-ethyl adjacent to an activating group) is 1. The van der Waals surface area contributed by atoms with Crippen LogP contribution in [0.1, 0.15) is 35.1 Å². The van der Waals surface area contributed by atoms with E-state index in [0.29, 0.717) is 35.9 Å². The van der Waals surface area contributed by atoms with Crippen LogP contribution in [0.15, 0.2) is 43.0 Å². The van der Waals surface area contributed by atoms with Gasteiger partial charge in [-0.3, -0.25) is 9.59 Å². The van der Waals surface area contributed by atoms with Crippen molar-refractivity contribution in [2.24, 2.45) is 0 Å². The highest BCUT2D eigenvalue weighted by atomic mass is 19.4. The summed E-state index contributed by atoms with van der Waals surface area (Å²) in [7, 11) is 1.64. The minimum atomic E-state index is -4.50. The fourth-order valence-corrected chi connectivity index (χ4v) is 3.00. The van der Waals surface area contributed by atoms with Crippen molar-refractivity contribution in [3.05, 3.63) is 59.9 Å². The number of anilines is 1. The van der Waals surface area contributed by atoms with Gasteiger partial charge in [-0.1, -0.05) is 6.92 Å². The van der Waals surface area contributed by atoms with Gasteiger partial charge in [0.25, 0.3) is 12.4 Å². The van der Waals surface area contributed by atoms with Gasteiger partial charge in [0, 0.05) is 50.1 Å². The molecule has 3 aromatic heterocycles. The molecule has 0 aliphatic carbocycles. The molecule has 10 nitrogen and oxygen atoms in total. The molecule has 13 heteroatoms. The van der Waals surface area contributed by atoms with Gasteiger partial charge in [0.05, 0.1) is 11.1 Å². The van der Waals surface area contributed by atoms with Crippen LogP contribution < -0.4 is 5.32 Å². The van der Waals surface area contributed by atoms with Crippen LogP contribution in [-0.4, -0.2) is 66.9 Å². The predicted molar refractivity (Wildman–Crippen MR) is 120 cm³/mol. The Hall–Kier alpha value is -4.16. The van der Waals surface area contributed by atoms with Gasteiger partial charge >= 0.3 is 6.18 Å². The van der Waals surface area contributed by atoms with E-state index in [0.717, 1.165) is 0 Å². The lowest BCUT2D eigenvalue weighted by Crippen LogP contribution is -2.41. The first-order valence-electron chi connectivity index (χ1n) is 10.4. The Morgan fingerprint density at radius 2 is 1.77 bits per heavy atom. The first-order chi connectivity index (χ1) is 16.6. The fraction of sp³-hybridized carbons (Fsp3) is 0.318. The van der Waals surface area contributed by atoms with Gasteiger partial charge in [0.1, 0.15) is 5.69 Å². The van der Waals surface area contributed by atoms with Gasteiger partial charge in [0.2, 0.25) is 5.95 Å². The molecule has 3 aromatic rings. The first-order valence-corrected chi connectivity index (χ1v) is 10.4. The molecule has 0 fully saturated rings. The number of nitrogens with one attached hydrogen (secondary N) is 1. The average molecular weight is 491 g/mol. The molecule has 0 saturated carbocycles. The molecule has 0 saturated heterocycles. The summed E-state index contributed by atoms with van der Waals surface area (Å²) in [6, 6.07) is 4.93. The third-order valence-electron chi connectivity index (χ3n) is 4.86. The lowest BCUT2D eigenvalue weighted by atomic mass is 10.1. The highest BCUT2D eigenvalue weighted by molar-refractivity contribution is 5.98. The molecule has 35 heavy (non-hydrogen) atoms. The van der Waals surface area contributed by atoms with E-state index in [1.165, 1.54) is 4.90 Å². The van der Waals surface area contributed by atoms with Crippen LogP contribution in [0.5, 0.6) is 0 Å². The van der Waals surface area contributed by atoms with Crippen molar-refractivity contribution in [2.75, 3.05) is 18.9 Å². The second kappa shape index (κ2) is 12.3. The number of hydrogen-bond acceptors (Lipinski definition) is 8. The largest absolute Gasteiger partial charge is 0.483 e. The number of carbonyl (C=O) groups is 2. The van der Waals surface area contributed by atoms with E-state index in [4.69, 9.17) is 9.90 Å². The normalized spacial score (nSPS) is 11.6. The van der Waals surface area contributed by atoms with Gasteiger partial charge < -0.3 is 15.3 Å². The van der Waals surface area contributed by atoms with Gasteiger partial charge in [-0.15, -0.1) is 0 Å². The van der Waals surface area contributed by atoms with Crippen LogP contribution in [0, 0.1) is 6.92 Å². The minimum absolute atomic E-state index is 0.0457. The minimum Gasteiger partial charge on any atom is -0.483 e. The smallest absolute Gasteiger partial charge is 0.419 e. The number of halogens is 3. The Balaban J connectivity index is 0.00000137. The number of hydrogen-bond donors (Lipinski definition) is 2. The lowest BCUT2D eigenvalue weighted by molar-refractivity contribution is -0.138. The number of carboxylic acid groups (broad SMARTS) is 1. The molecule has 3 heterocycles. The second-order valence-corrected chi connectivity index (χ2v) is 7.18. The lowest BCUT2D eigenvalue weighted by Gasteiger charge is -2.28. The fourth-order valence-electron chi connectivity index (χ4n) is 3.00. The monoisotopic (exact) mass is 491 g/mol. The molecule has 3 rings (SSSR count). The van der Waals surface area contributed by atoms with Crippen molar-refractivity contribution >= 4 is 18.3 Å². The quantitative estimate of drug-likeness (QED) is 0.477. The second-order valence-electron chi connectivity index (χ2n) is 7.18. The van der Waals surface area contributed by atoms with E-state index >= 15 is 0 Å². The zero-order valence-corrected chi connectivity index (χ0v) is 19.2. The molecule has 1 amide bonds. The van der Waals surface area contributed by atoms with Crippen molar-refractivity contribution in [1.29, 1.82) is 0 Å². The molecule has 0 unspecified atom stereocenters. The number of aryl methyl sites for hydroxylation is 1. The van der Waals surface area contributed by atoms with Crippen LogP contribution >= 0.6 is 0 Å². The van der Waals surface area contributed by atoms with Crippen molar-refractivity contribution in [3.8, 4) is 11.4 Å². The number of pyridine rings is 1. The summed E-state index contributed by atoms with van der Waals surface area (Å²) in [4.78, 5) is 43.4. The molecule has 186 valence electrons. The Morgan fingerprint density at radius 1 is 1.17 bits per heavy atom. The highest BCUT2D eigenvalue weighted by Gasteiger charge is 2.31. The number of rotatable bonds is 7. The van der Waals surface area contributed by atoms with E-state index in [1.54, 1.807) is 44.6 Å². The summed E-state index contributed by atoms with van der Waals surface area (Å²) in [6.45, 7) is 3.68. The summed E-state index contributed by atoms with van der Waals surface area (Å²) in [5, 5.41) is 9.78. The van der Waals surface area contributed by atoms with Crippen molar-refractivity contribution in [2.45, 2.75) is 32.5 Å². The van der Waals surface area contributed by atoms with Crippen molar-refractivity contribution in [3.63, 3.8) is 0 Å². The molecule has 2 N–H and O–H groups in total. The summed E-state index contributed by atoms with van der Waals surface area (Å²) in [6.07, 6.45) is 0.685. The van der Waals surface area contributed by atoms with Gasteiger partial charge in [-0.2, -0.15) is 13.2 Å². The molecule has 0 aliphatic heterocycles. The van der Waals surface area contributed by atoms with Gasteiger partial charge in [-0.25, -0.2) is 24.9 Å². The highest BCUT2D eigenvalue weighted by Crippen LogP contribution is 2.28. The summed E-state index contributed by atoms with van der Waals surface area (Å²) >= 11 is 0. The molecule has 0 spiro atoms. The number of nitrogens with zero attached hydrogens (tertiary/aromatic N) is 6. The average Bonchev–Trinajstić information content (AvgIpc) is 2.84.